The summed E-state index contributed by atoms with van der Waals surface area (Å²) in [5.41, 5.74) is 1.00. The van der Waals surface area contributed by atoms with Crippen LogP contribution in [0.1, 0.15) is 38.8 Å². The van der Waals surface area contributed by atoms with Gasteiger partial charge in [0.05, 0.1) is 17.7 Å². The predicted molar refractivity (Wildman–Crippen MR) is 100 cm³/mol. The van der Waals surface area contributed by atoms with Crippen molar-refractivity contribution in [3.05, 3.63) is 59.1 Å². The zero-order valence-corrected chi connectivity index (χ0v) is 15.5. The summed E-state index contributed by atoms with van der Waals surface area (Å²) in [6, 6.07) is 14.7. The van der Waals surface area contributed by atoms with Crippen LogP contribution in [0.2, 0.25) is 5.02 Å². The van der Waals surface area contributed by atoms with Crippen LogP contribution < -0.4 is 14.8 Å². The first-order chi connectivity index (χ1) is 12.0. The van der Waals surface area contributed by atoms with E-state index in [2.05, 4.69) is 5.32 Å². The maximum Gasteiger partial charge on any atom is 0.261 e. The van der Waals surface area contributed by atoms with Gasteiger partial charge in [-0.3, -0.25) is 4.79 Å². The van der Waals surface area contributed by atoms with E-state index in [9.17, 15) is 4.79 Å². The van der Waals surface area contributed by atoms with Gasteiger partial charge in [0, 0.05) is 0 Å². The van der Waals surface area contributed by atoms with Crippen LogP contribution in [-0.4, -0.2) is 18.6 Å². The summed E-state index contributed by atoms with van der Waals surface area (Å²) in [7, 11) is 0. The molecule has 0 heterocycles. The van der Waals surface area contributed by atoms with Crippen molar-refractivity contribution in [2.75, 3.05) is 6.61 Å². The highest BCUT2D eigenvalue weighted by molar-refractivity contribution is 6.32. The number of para-hydroxylation sites is 1. The van der Waals surface area contributed by atoms with Crippen molar-refractivity contribution in [3.8, 4) is 11.5 Å². The Morgan fingerprint density at radius 3 is 2.40 bits per heavy atom. The third-order valence-corrected chi connectivity index (χ3v) is 4.13. The summed E-state index contributed by atoms with van der Waals surface area (Å²) in [5.74, 6) is 1.17. The lowest BCUT2D eigenvalue weighted by atomic mass is 10.1. The lowest BCUT2D eigenvalue weighted by Gasteiger charge is -2.21. The molecule has 0 unspecified atom stereocenters. The molecule has 2 rings (SSSR count). The van der Waals surface area contributed by atoms with Gasteiger partial charge < -0.3 is 14.8 Å². The molecule has 0 radical (unpaired) electrons. The van der Waals surface area contributed by atoms with E-state index >= 15 is 0 Å². The van der Waals surface area contributed by atoms with Crippen LogP contribution in [0.3, 0.4) is 0 Å². The highest BCUT2D eigenvalue weighted by Crippen LogP contribution is 2.25. The van der Waals surface area contributed by atoms with Crippen molar-refractivity contribution in [3.63, 3.8) is 0 Å². The van der Waals surface area contributed by atoms with Crippen LogP contribution in [0.25, 0.3) is 0 Å². The molecule has 1 N–H and O–H groups in total. The van der Waals surface area contributed by atoms with E-state index in [1.165, 1.54) is 0 Å². The van der Waals surface area contributed by atoms with Gasteiger partial charge in [-0.25, -0.2) is 0 Å². The highest BCUT2D eigenvalue weighted by atomic mass is 35.5. The van der Waals surface area contributed by atoms with Gasteiger partial charge in [-0.05, 0) is 50.1 Å². The molecule has 0 saturated carbocycles. The molecule has 5 heteroatoms. The molecule has 0 saturated heterocycles. The lowest BCUT2D eigenvalue weighted by molar-refractivity contribution is -0.128. The Balaban J connectivity index is 1.99. The Morgan fingerprint density at radius 1 is 1.12 bits per heavy atom. The number of carbonyl (C=O) groups excluding carboxylic acids is 1. The third kappa shape index (κ3) is 5.40. The molecule has 0 aliphatic carbocycles. The number of ether oxygens (including phenoxy) is 2. The topological polar surface area (TPSA) is 47.6 Å². The Kier molecular flexibility index (Phi) is 7.14. The van der Waals surface area contributed by atoms with E-state index in [0.717, 1.165) is 11.3 Å². The third-order valence-electron chi connectivity index (χ3n) is 3.82. The molecule has 0 bridgehead atoms. The number of benzene rings is 2. The number of halogens is 1. The molecule has 2 aromatic rings. The SMILES string of the molecule is CCOc1ccc([C@@H](C)NC(=O)[C@H](CC)Oc2ccccc2Cl)cc1. The van der Waals surface area contributed by atoms with Gasteiger partial charge in [0.15, 0.2) is 6.10 Å². The molecule has 0 aromatic heterocycles. The van der Waals surface area contributed by atoms with Crippen LogP contribution in [0.15, 0.2) is 48.5 Å². The minimum atomic E-state index is -0.593. The van der Waals surface area contributed by atoms with Crippen LogP contribution in [-0.2, 0) is 4.79 Å². The monoisotopic (exact) mass is 361 g/mol. The zero-order valence-electron chi connectivity index (χ0n) is 14.8. The van der Waals surface area contributed by atoms with Crippen molar-refractivity contribution in [1.29, 1.82) is 0 Å². The molecule has 0 fully saturated rings. The minimum Gasteiger partial charge on any atom is -0.494 e. The fraction of sp³-hybridized carbons (Fsp3) is 0.350. The standard InChI is InChI=1S/C20H24ClNO3/c1-4-18(25-19-9-7-6-8-17(19)21)20(23)22-14(3)15-10-12-16(13-11-15)24-5-2/h6-14,18H,4-5H2,1-3H3,(H,22,23)/t14-,18+/m1/s1. The van der Waals surface area contributed by atoms with Gasteiger partial charge in [-0.1, -0.05) is 42.8 Å². The van der Waals surface area contributed by atoms with Crippen molar-refractivity contribution >= 4 is 17.5 Å². The molecule has 4 nitrogen and oxygen atoms in total. The van der Waals surface area contributed by atoms with E-state index in [0.29, 0.717) is 23.8 Å². The van der Waals surface area contributed by atoms with Gasteiger partial charge in [0.1, 0.15) is 11.5 Å². The lowest BCUT2D eigenvalue weighted by Crippen LogP contribution is -2.39. The molecule has 0 aliphatic heterocycles. The van der Waals surface area contributed by atoms with Gasteiger partial charge in [0.25, 0.3) is 5.91 Å². The second-order valence-corrected chi connectivity index (χ2v) is 6.08. The largest absolute Gasteiger partial charge is 0.494 e. The summed E-state index contributed by atoms with van der Waals surface area (Å²) >= 11 is 6.10. The summed E-state index contributed by atoms with van der Waals surface area (Å²) in [4.78, 5) is 12.5. The van der Waals surface area contributed by atoms with E-state index in [4.69, 9.17) is 21.1 Å². The van der Waals surface area contributed by atoms with Gasteiger partial charge >= 0.3 is 0 Å². The van der Waals surface area contributed by atoms with E-state index < -0.39 is 6.10 Å². The average molecular weight is 362 g/mol. The van der Waals surface area contributed by atoms with Crippen molar-refractivity contribution in [1.82, 2.24) is 5.32 Å². The quantitative estimate of drug-likeness (QED) is 0.736. The smallest absolute Gasteiger partial charge is 0.261 e. The van der Waals surface area contributed by atoms with Crippen molar-refractivity contribution < 1.29 is 14.3 Å². The van der Waals surface area contributed by atoms with E-state index in [-0.39, 0.29) is 11.9 Å². The Hall–Kier alpha value is -2.20. The van der Waals surface area contributed by atoms with Crippen LogP contribution in [0, 0.1) is 0 Å². The number of amides is 1. The maximum absolute atomic E-state index is 12.5. The number of rotatable bonds is 8. The highest BCUT2D eigenvalue weighted by Gasteiger charge is 2.21. The normalized spacial score (nSPS) is 13.0. The van der Waals surface area contributed by atoms with Crippen LogP contribution in [0.5, 0.6) is 11.5 Å². The number of nitrogens with one attached hydrogen (secondary N) is 1. The Bertz CT molecular complexity index is 688. The van der Waals surface area contributed by atoms with Gasteiger partial charge in [-0.15, -0.1) is 0 Å². The second-order valence-electron chi connectivity index (χ2n) is 5.68. The number of carbonyl (C=O) groups is 1. The molecular weight excluding hydrogens is 338 g/mol. The number of hydrogen-bond donors (Lipinski definition) is 1. The Labute approximate surface area is 154 Å². The molecule has 0 aliphatic rings. The summed E-state index contributed by atoms with van der Waals surface area (Å²) in [6.45, 7) is 6.42. The molecule has 25 heavy (non-hydrogen) atoms. The molecule has 0 spiro atoms. The summed E-state index contributed by atoms with van der Waals surface area (Å²) in [5, 5.41) is 3.48. The van der Waals surface area contributed by atoms with Crippen LogP contribution >= 0.6 is 11.6 Å². The molecule has 1 amide bonds. The predicted octanol–water partition coefficient (Wildman–Crippen LogP) is 4.77. The van der Waals surface area contributed by atoms with Gasteiger partial charge in [0.2, 0.25) is 0 Å². The van der Waals surface area contributed by atoms with Crippen molar-refractivity contribution in [2.24, 2.45) is 0 Å². The van der Waals surface area contributed by atoms with E-state index in [1.54, 1.807) is 12.1 Å². The van der Waals surface area contributed by atoms with Crippen molar-refractivity contribution in [2.45, 2.75) is 39.3 Å². The molecule has 2 atom stereocenters. The summed E-state index contributed by atoms with van der Waals surface area (Å²) in [6.07, 6.45) is -0.0439. The molecule has 2 aromatic carbocycles. The van der Waals surface area contributed by atoms with Gasteiger partial charge in [-0.2, -0.15) is 0 Å². The first-order valence-corrected chi connectivity index (χ1v) is 8.87. The fourth-order valence-corrected chi connectivity index (χ4v) is 2.61. The maximum atomic E-state index is 12.5. The summed E-state index contributed by atoms with van der Waals surface area (Å²) < 4.78 is 11.2. The Morgan fingerprint density at radius 2 is 1.80 bits per heavy atom. The molecular formula is C20H24ClNO3. The average Bonchev–Trinajstić information content (AvgIpc) is 2.61. The van der Waals surface area contributed by atoms with E-state index in [1.807, 2.05) is 57.2 Å². The minimum absolute atomic E-state index is 0.132. The van der Waals surface area contributed by atoms with Crippen LogP contribution in [0.4, 0.5) is 0 Å². The first-order valence-electron chi connectivity index (χ1n) is 8.49. The fourth-order valence-electron chi connectivity index (χ4n) is 2.42. The first kappa shape index (κ1) is 19.1. The second kappa shape index (κ2) is 9.33. The molecule has 134 valence electrons. The zero-order chi connectivity index (χ0) is 18.2. The number of hydrogen-bond acceptors (Lipinski definition) is 3.